The van der Waals surface area contributed by atoms with E-state index >= 15 is 0 Å². The molecule has 0 bridgehead atoms. The van der Waals surface area contributed by atoms with Crippen molar-refractivity contribution in [2.75, 3.05) is 39.0 Å². The predicted molar refractivity (Wildman–Crippen MR) is 117 cm³/mol. The predicted octanol–water partition coefficient (Wildman–Crippen LogP) is 4.29. The molecule has 2 fully saturated rings. The number of likely N-dealkylation sites (tertiary alicyclic amines) is 2. The van der Waals surface area contributed by atoms with Crippen LogP contribution in [0.1, 0.15) is 43.2 Å². The third-order valence-electron chi connectivity index (χ3n) is 6.62. The molecule has 1 spiro atoms. The van der Waals surface area contributed by atoms with Gasteiger partial charge in [-0.2, -0.15) is 0 Å². The lowest BCUT2D eigenvalue weighted by molar-refractivity contribution is 0.0137. The third kappa shape index (κ3) is 4.58. The molecular weight excluding hydrogens is 364 g/mol. The highest BCUT2D eigenvalue weighted by molar-refractivity contribution is 7.98. The van der Waals surface area contributed by atoms with E-state index in [0.717, 1.165) is 18.2 Å². The molecule has 4 nitrogen and oxygen atoms in total. The maximum Gasteiger partial charge on any atom is 0.187 e. The molecule has 28 heavy (non-hydrogen) atoms. The highest BCUT2D eigenvalue weighted by Gasteiger charge is 2.41. The molecule has 1 unspecified atom stereocenters. The van der Waals surface area contributed by atoms with Gasteiger partial charge in [-0.05, 0) is 62.0 Å². The van der Waals surface area contributed by atoms with Crippen LogP contribution in [0.15, 0.2) is 47.9 Å². The lowest BCUT2D eigenvalue weighted by Gasteiger charge is -2.50. The fraction of sp³-hybridized carbons (Fsp3) is 0.565. The number of likely N-dealkylation sites (N-methyl/N-ethyl adjacent to an activating group) is 1. The number of piperidine rings is 2. The molecule has 0 radical (unpaired) electrons. The molecular formula is C23H32N4S. The van der Waals surface area contributed by atoms with Crippen molar-refractivity contribution in [3.8, 4) is 0 Å². The van der Waals surface area contributed by atoms with Crippen LogP contribution in [0.5, 0.6) is 0 Å². The Kier molecular flexibility index (Phi) is 6.34. The molecule has 1 aromatic heterocycles. The summed E-state index contributed by atoms with van der Waals surface area (Å²) in [6.45, 7) is 9.30. The first-order valence-electron chi connectivity index (χ1n) is 10.5. The van der Waals surface area contributed by atoms with Crippen molar-refractivity contribution in [3.05, 3.63) is 53.9 Å². The summed E-state index contributed by atoms with van der Waals surface area (Å²) in [5.74, 6) is 0.675. The van der Waals surface area contributed by atoms with Crippen molar-refractivity contribution < 1.29 is 0 Å². The van der Waals surface area contributed by atoms with Crippen molar-refractivity contribution >= 4 is 11.8 Å². The van der Waals surface area contributed by atoms with E-state index in [1.807, 2.05) is 18.6 Å². The van der Waals surface area contributed by atoms with Crippen molar-refractivity contribution in [2.24, 2.45) is 5.41 Å². The number of rotatable bonds is 5. The molecule has 150 valence electrons. The standard InChI is InChI=1S/C23H32N4S/c1-3-26-17-21(20-7-5-4-6-8-20)13-23(18-26)9-11-27(12-10-23)16-19-14-24-22(28-2)25-15-19/h4-8,14-15,21H,3,9-13,16-18H2,1-2H3. The normalized spacial score (nSPS) is 23.1. The first-order valence-corrected chi connectivity index (χ1v) is 11.8. The number of thioether (sulfide) groups is 1. The summed E-state index contributed by atoms with van der Waals surface area (Å²) in [6, 6.07) is 11.2. The third-order valence-corrected chi connectivity index (χ3v) is 7.20. The van der Waals surface area contributed by atoms with Gasteiger partial charge in [-0.1, -0.05) is 49.0 Å². The monoisotopic (exact) mass is 396 g/mol. The molecule has 3 heterocycles. The topological polar surface area (TPSA) is 32.3 Å². The maximum atomic E-state index is 4.43. The van der Waals surface area contributed by atoms with Crippen molar-refractivity contribution in [3.63, 3.8) is 0 Å². The minimum Gasteiger partial charge on any atom is -0.302 e. The van der Waals surface area contributed by atoms with E-state index in [9.17, 15) is 0 Å². The molecule has 5 heteroatoms. The van der Waals surface area contributed by atoms with E-state index in [2.05, 4.69) is 57.0 Å². The van der Waals surface area contributed by atoms with E-state index in [1.54, 1.807) is 11.8 Å². The number of hydrogen-bond acceptors (Lipinski definition) is 5. The molecule has 0 aliphatic carbocycles. The van der Waals surface area contributed by atoms with Crippen LogP contribution in [-0.4, -0.2) is 58.7 Å². The molecule has 2 aromatic rings. The Balaban J connectivity index is 1.40. The highest BCUT2D eigenvalue weighted by atomic mass is 32.2. The van der Waals surface area contributed by atoms with Crippen LogP contribution in [0.3, 0.4) is 0 Å². The summed E-state index contributed by atoms with van der Waals surface area (Å²) in [4.78, 5) is 14.1. The minimum absolute atomic E-state index is 0.477. The fourth-order valence-corrected chi connectivity index (χ4v) is 5.34. The lowest BCUT2D eigenvalue weighted by atomic mass is 9.68. The largest absolute Gasteiger partial charge is 0.302 e. The summed E-state index contributed by atoms with van der Waals surface area (Å²) >= 11 is 1.60. The van der Waals surface area contributed by atoms with E-state index in [-0.39, 0.29) is 0 Å². The van der Waals surface area contributed by atoms with E-state index < -0.39 is 0 Å². The molecule has 2 aliphatic heterocycles. The second-order valence-corrected chi connectivity index (χ2v) is 9.27. The van der Waals surface area contributed by atoms with Gasteiger partial charge in [-0.3, -0.25) is 4.90 Å². The maximum absolute atomic E-state index is 4.43. The average Bonchev–Trinajstić information content (AvgIpc) is 2.76. The zero-order valence-electron chi connectivity index (χ0n) is 17.2. The molecule has 0 saturated carbocycles. The first kappa shape index (κ1) is 19.9. The van der Waals surface area contributed by atoms with Crippen molar-refractivity contribution in [1.29, 1.82) is 0 Å². The fourth-order valence-electron chi connectivity index (χ4n) is 5.03. The van der Waals surface area contributed by atoms with Crippen LogP contribution >= 0.6 is 11.8 Å². The zero-order valence-corrected chi connectivity index (χ0v) is 18.0. The number of hydrogen-bond donors (Lipinski definition) is 0. The Morgan fingerprint density at radius 1 is 1.07 bits per heavy atom. The van der Waals surface area contributed by atoms with Crippen LogP contribution in [0.4, 0.5) is 0 Å². The van der Waals surface area contributed by atoms with Crippen molar-refractivity contribution in [2.45, 2.75) is 43.8 Å². The Morgan fingerprint density at radius 3 is 2.43 bits per heavy atom. The van der Waals surface area contributed by atoms with Crippen LogP contribution in [-0.2, 0) is 6.54 Å². The van der Waals surface area contributed by atoms with Crippen LogP contribution in [0, 0.1) is 5.41 Å². The second-order valence-electron chi connectivity index (χ2n) is 8.49. The molecule has 4 rings (SSSR count). The summed E-state index contributed by atoms with van der Waals surface area (Å²) < 4.78 is 0. The van der Waals surface area contributed by atoms with E-state index in [4.69, 9.17) is 0 Å². The molecule has 0 N–H and O–H groups in total. The molecule has 2 aliphatic rings. The summed E-state index contributed by atoms with van der Waals surface area (Å²) in [6.07, 6.45) is 9.95. The minimum atomic E-state index is 0.477. The molecule has 2 saturated heterocycles. The summed E-state index contributed by atoms with van der Waals surface area (Å²) in [7, 11) is 0. The number of aromatic nitrogens is 2. The van der Waals surface area contributed by atoms with Gasteiger partial charge in [0, 0.05) is 37.6 Å². The van der Waals surface area contributed by atoms with Gasteiger partial charge in [0.05, 0.1) is 0 Å². The highest BCUT2D eigenvalue weighted by Crippen LogP contribution is 2.45. The van der Waals surface area contributed by atoms with Gasteiger partial charge in [0.2, 0.25) is 0 Å². The Morgan fingerprint density at radius 2 is 1.79 bits per heavy atom. The van der Waals surface area contributed by atoms with Gasteiger partial charge in [-0.25, -0.2) is 9.97 Å². The van der Waals surface area contributed by atoms with Crippen LogP contribution in [0.25, 0.3) is 0 Å². The van der Waals surface area contributed by atoms with Gasteiger partial charge in [0.1, 0.15) is 0 Å². The van der Waals surface area contributed by atoms with Crippen LogP contribution in [0.2, 0.25) is 0 Å². The van der Waals surface area contributed by atoms with Gasteiger partial charge in [0.15, 0.2) is 5.16 Å². The molecule has 0 amide bonds. The Hall–Kier alpha value is -1.43. The zero-order chi connectivity index (χ0) is 19.4. The first-order chi connectivity index (χ1) is 13.7. The lowest BCUT2D eigenvalue weighted by Crippen LogP contribution is -2.51. The quantitative estimate of drug-likeness (QED) is 0.556. The summed E-state index contributed by atoms with van der Waals surface area (Å²) in [5.41, 5.74) is 3.23. The van der Waals surface area contributed by atoms with Gasteiger partial charge < -0.3 is 4.90 Å². The van der Waals surface area contributed by atoms with Gasteiger partial charge >= 0.3 is 0 Å². The smallest absolute Gasteiger partial charge is 0.187 e. The van der Waals surface area contributed by atoms with Crippen molar-refractivity contribution in [1.82, 2.24) is 19.8 Å². The Labute approximate surface area is 173 Å². The second kappa shape index (κ2) is 8.93. The van der Waals surface area contributed by atoms with E-state index in [1.165, 1.54) is 56.6 Å². The van der Waals surface area contributed by atoms with Gasteiger partial charge in [-0.15, -0.1) is 0 Å². The Bertz CT molecular complexity index is 741. The number of nitrogens with zero attached hydrogens (tertiary/aromatic N) is 4. The SMILES string of the molecule is CCN1CC(c2ccccc2)CC2(CCN(Cc3cnc(SC)nc3)CC2)C1. The molecule has 1 atom stereocenters. The average molecular weight is 397 g/mol. The number of benzene rings is 1. The van der Waals surface area contributed by atoms with Crippen LogP contribution < -0.4 is 0 Å². The van der Waals surface area contributed by atoms with E-state index in [0.29, 0.717) is 11.3 Å². The molecule has 1 aromatic carbocycles. The van der Waals surface area contributed by atoms with Gasteiger partial charge in [0.25, 0.3) is 0 Å². The summed E-state index contributed by atoms with van der Waals surface area (Å²) in [5, 5.41) is 0.857.